The Bertz CT molecular complexity index is 1320. The summed E-state index contributed by atoms with van der Waals surface area (Å²) in [5, 5.41) is 1.30. The maximum absolute atomic E-state index is 5.21. The number of pyridine rings is 1. The van der Waals surface area contributed by atoms with Crippen LogP contribution >= 0.6 is 0 Å². The molecule has 1 heterocycles. The first kappa shape index (κ1) is 20.0. The van der Waals surface area contributed by atoms with Crippen molar-refractivity contribution >= 4 is 10.9 Å². The van der Waals surface area contributed by atoms with Crippen molar-refractivity contribution < 1.29 is 0 Å². The Morgan fingerprint density at radius 2 is 1.58 bits per heavy atom. The second-order valence-electron chi connectivity index (χ2n) is 10.2. The molecule has 1 aliphatic rings. The molecule has 0 atom stereocenters. The minimum absolute atomic E-state index is 0.00418. The van der Waals surface area contributed by atoms with E-state index in [-0.39, 0.29) is 5.41 Å². The third-order valence-electron chi connectivity index (χ3n) is 6.88. The minimum atomic E-state index is -0.00418. The molecule has 0 saturated heterocycles. The van der Waals surface area contributed by atoms with Crippen LogP contribution in [-0.4, -0.2) is 4.98 Å². The Morgan fingerprint density at radius 3 is 2.32 bits per heavy atom. The molecule has 1 aliphatic carbocycles. The smallest absolute Gasteiger partial charge is 0.0715 e. The van der Waals surface area contributed by atoms with Crippen LogP contribution in [0.25, 0.3) is 33.3 Å². The first-order valence-electron chi connectivity index (χ1n) is 11.4. The molecule has 156 valence electrons. The summed E-state index contributed by atoms with van der Waals surface area (Å²) in [4.78, 5) is 5.21. The molecule has 3 aromatic carbocycles. The van der Waals surface area contributed by atoms with Gasteiger partial charge < -0.3 is 0 Å². The zero-order valence-electron chi connectivity index (χ0n) is 19.5. The summed E-state index contributed by atoms with van der Waals surface area (Å²) in [5.41, 5.74) is 13.0. The molecule has 5 rings (SSSR count). The summed E-state index contributed by atoms with van der Waals surface area (Å²) >= 11 is 0. The zero-order chi connectivity index (χ0) is 21.9. The maximum Gasteiger partial charge on any atom is 0.0715 e. The van der Waals surface area contributed by atoms with Crippen LogP contribution in [0, 0.1) is 19.8 Å². The van der Waals surface area contributed by atoms with E-state index in [2.05, 4.69) is 102 Å². The van der Waals surface area contributed by atoms with Crippen LogP contribution in [0.2, 0.25) is 0 Å². The minimum Gasteiger partial charge on any atom is -0.248 e. The van der Waals surface area contributed by atoms with E-state index in [1.807, 2.05) is 0 Å². The van der Waals surface area contributed by atoms with Gasteiger partial charge >= 0.3 is 0 Å². The molecule has 1 nitrogen and oxygen atoms in total. The van der Waals surface area contributed by atoms with Crippen LogP contribution in [0.4, 0.5) is 0 Å². The lowest BCUT2D eigenvalue weighted by molar-refractivity contribution is 0.649. The van der Waals surface area contributed by atoms with Crippen molar-refractivity contribution in [1.82, 2.24) is 4.98 Å². The zero-order valence-corrected chi connectivity index (χ0v) is 19.5. The van der Waals surface area contributed by atoms with Gasteiger partial charge in [-0.15, -0.1) is 0 Å². The van der Waals surface area contributed by atoms with Crippen LogP contribution in [-0.2, 0) is 11.8 Å². The standard InChI is InChI=1S/C30H31N/c1-18(2)13-21-15-28(22-12-11-19(3)14-20(22)4)31-29-17-27-25(16-24(21)29)23-9-7-8-10-26(23)30(27,5)6/h7-12,14-18H,13H2,1-6H3. The van der Waals surface area contributed by atoms with Gasteiger partial charge in [-0.05, 0) is 77.8 Å². The van der Waals surface area contributed by atoms with Crippen molar-refractivity contribution in [2.45, 2.75) is 53.4 Å². The average molecular weight is 406 g/mol. The number of hydrogen-bond acceptors (Lipinski definition) is 1. The highest BCUT2D eigenvalue weighted by atomic mass is 14.7. The van der Waals surface area contributed by atoms with E-state index in [4.69, 9.17) is 4.98 Å². The van der Waals surface area contributed by atoms with Crippen LogP contribution in [0.5, 0.6) is 0 Å². The molecule has 0 spiro atoms. The van der Waals surface area contributed by atoms with Crippen molar-refractivity contribution in [2.75, 3.05) is 0 Å². The Kier molecular flexibility index (Phi) is 4.55. The molecule has 1 aromatic heterocycles. The van der Waals surface area contributed by atoms with Gasteiger partial charge in [0.25, 0.3) is 0 Å². The van der Waals surface area contributed by atoms with Gasteiger partial charge in [0.05, 0.1) is 11.2 Å². The van der Waals surface area contributed by atoms with Crippen LogP contribution in [0.3, 0.4) is 0 Å². The van der Waals surface area contributed by atoms with Crippen molar-refractivity contribution in [3.05, 3.63) is 88.5 Å². The van der Waals surface area contributed by atoms with Gasteiger partial charge in [0.1, 0.15) is 0 Å². The van der Waals surface area contributed by atoms with Gasteiger partial charge in [-0.1, -0.05) is 75.7 Å². The highest BCUT2D eigenvalue weighted by Crippen LogP contribution is 2.50. The van der Waals surface area contributed by atoms with Crippen molar-refractivity contribution in [3.63, 3.8) is 0 Å². The van der Waals surface area contributed by atoms with E-state index >= 15 is 0 Å². The van der Waals surface area contributed by atoms with Gasteiger partial charge in [0.2, 0.25) is 0 Å². The molecule has 0 aliphatic heterocycles. The molecule has 0 N–H and O–H groups in total. The molecule has 31 heavy (non-hydrogen) atoms. The van der Waals surface area contributed by atoms with Gasteiger partial charge in [-0.3, -0.25) is 0 Å². The fourth-order valence-corrected chi connectivity index (χ4v) is 5.34. The molecule has 0 bridgehead atoms. The number of benzene rings is 3. The monoisotopic (exact) mass is 405 g/mol. The highest BCUT2D eigenvalue weighted by molar-refractivity contribution is 5.94. The lowest BCUT2D eigenvalue weighted by Crippen LogP contribution is -2.15. The summed E-state index contributed by atoms with van der Waals surface area (Å²) in [6.45, 7) is 13.6. The Labute approximate surface area is 186 Å². The third-order valence-corrected chi connectivity index (χ3v) is 6.88. The third kappa shape index (κ3) is 3.19. The topological polar surface area (TPSA) is 12.9 Å². The number of rotatable bonds is 3. The summed E-state index contributed by atoms with van der Waals surface area (Å²) in [6.07, 6.45) is 1.06. The lowest BCUT2D eigenvalue weighted by atomic mass is 9.82. The van der Waals surface area contributed by atoms with Crippen LogP contribution in [0.1, 0.15) is 55.5 Å². The number of hydrogen-bond donors (Lipinski definition) is 0. The number of aromatic nitrogens is 1. The van der Waals surface area contributed by atoms with Crippen molar-refractivity contribution in [1.29, 1.82) is 0 Å². The second-order valence-corrected chi connectivity index (χ2v) is 10.2. The van der Waals surface area contributed by atoms with Gasteiger partial charge in [0.15, 0.2) is 0 Å². The SMILES string of the molecule is Cc1ccc(-c2cc(CC(C)C)c3cc4c(cc3n2)C(C)(C)c2ccccc2-4)c(C)c1. The predicted molar refractivity (Wildman–Crippen MR) is 133 cm³/mol. The normalized spacial score (nSPS) is 14.2. The highest BCUT2D eigenvalue weighted by Gasteiger charge is 2.35. The molecule has 1 heteroatoms. The lowest BCUT2D eigenvalue weighted by Gasteiger charge is -2.22. The molecular formula is C30H31N. The van der Waals surface area contributed by atoms with Gasteiger partial charge in [-0.2, -0.15) is 0 Å². The van der Waals surface area contributed by atoms with Gasteiger partial charge in [-0.25, -0.2) is 4.98 Å². The molecule has 0 amide bonds. The fourth-order valence-electron chi connectivity index (χ4n) is 5.34. The average Bonchev–Trinajstić information content (AvgIpc) is 2.93. The summed E-state index contributed by atoms with van der Waals surface area (Å²) < 4.78 is 0. The first-order chi connectivity index (χ1) is 14.8. The number of nitrogens with zero attached hydrogens (tertiary/aromatic N) is 1. The van der Waals surface area contributed by atoms with E-state index in [0.29, 0.717) is 5.92 Å². The summed E-state index contributed by atoms with van der Waals surface area (Å²) in [5.74, 6) is 0.592. The number of fused-ring (bicyclic) bond motifs is 4. The quantitative estimate of drug-likeness (QED) is 0.336. The molecule has 0 fully saturated rings. The fraction of sp³-hybridized carbons (Fsp3) is 0.300. The van der Waals surface area contributed by atoms with Crippen LogP contribution in [0.15, 0.2) is 60.7 Å². The molecule has 4 aromatic rings. The second kappa shape index (κ2) is 7.05. The largest absolute Gasteiger partial charge is 0.248 e. The predicted octanol–water partition coefficient (Wildman–Crippen LogP) is 8.02. The summed E-state index contributed by atoms with van der Waals surface area (Å²) in [6, 6.07) is 22.7. The van der Waals surface area contributed by atoms with E-state index in [9.17, 15) is 0 Å². The molecular weight excluding hydrogens is 374 g/mol. The van der Waals surface area contributed by atoms with E-state index in [1.165, 1.54) is 49.9 Å². The Balaban J connectivity index is 1.80. The number of aryl methyl sites for hydroxylation is 2. The molecule has 0 unspecified atom stereocenters. The van der Waals surface area contributed by atoms with Crippen LogP contribution < -0.4 is 0 Å². The van der Waals surface area contributed by atoms with Crippen molar-refractivity contribution in [2.24, 2.45) is 5.92 Å². The Hall–Kier alpha value is -2.93. The van der Waals surface area contributed by atoms with E-state index < -0.39 is 0 Å². The first-order valence-corrected chi connectivity index (χ1v) is 11.4. The van der Waals surface area contributed by atoms with Gasteiger partial charge in [0, 0.05) is 16.4 Å². The van der Waals surface area contributed by atoms with E-state index in [0.717, 1.165) is 17.6 Å². The molecule has 0 saturated carbocycles. The Morgan fingerprint density at radius 1 is 0.806 bits per heavy atom. The molecule has 0 radical (unpaired) electrons. The van der Waals surface area contributed by atoms with E-state index in [1.54, 1.807) is 0 Å². The maximum atomic E-state index is 5.21. The summed E-state index contributed by atoms with van der Waals surface area (Å²) in [7, 11) is 0. The van der Waals surface area contributed by atoms with Crippen molar-refractivity contribution in [3.8, 4) is 22.4 Å².